The monoisotopic (exact) mass is 278 g/mol. The van der Waals surface area contributed by atoms with Gasteiger partial charge in [0.1, 0.15) is 0 Å². The van der Waals surface area contributed by atoms with Crippen LogP contribution in [0.5, 0.6) is 0 Å². The first-order chi connectivity index (χ1) is 9.52. The van der Waals surface area contributed by atoms with Crippen molar-refractivity contribution in [1.82, 2.24) is 15.1 Å². The first kappa shape index (κ1) is 14.9. The van der Waals surface area contributed by atoms with Crippen molar-refractivity contribution in [2.45, 2.75) is 64.3 Å². The summed E-state index contributed by atoms with van der Waals surface area (Å²) in [6.07, 6.45) is 7.14. The van der Waals surface area contributed by atoms with Crippen LogP contribution in [0.15, 0.2) is 0 Å². The van der Waals surface area contributed by atoms with Gasteiger partial charge in [0.05, 0.1) is 11.4 Å². The van der Waals surface area contributed by atoms with E-state index in [0.717, 1.165) is 18.5 Å². The van der Waals surface area contributed by atoms with Crippen LogP contribution in [0.3, 0.4) is 0 Å². The van der Waals surface area contributed by atoms with Crippen LogP contribution in [-0.4, -0.2) is 34.1 Å². The Morgan fingerprint density at radius 1 is 1.30 bits per heavy atom. The van der Waals surface area contributed by atoms with Crippen molar-refractivity contribution < 1.29 is 4.79 Å². The Balaban J connectivity index is 2.13. The molecule has 0 saturated heterocycles. The van der Waals surface area contributed by atoms with E-state index >= 15 is 0 Å². The molecule has 0 unspecified atom stereocenters. The van der Waals surface area contributed by atoms with E-state index in [0.29, 0.717) is 17.4 Å². The predicted octanol–water partition coefficient (Wildman–Crippen LogP) is 2.91. The average Bonchev–Trinajstić information content (AvgIpc) is 2.65. The standard InChI is InChI=1S/C15H26N4O/c1-10(2)13-12(16)14(18-17-13)15(20)19(3)11-8-6-4-5-7-9-11/h10-11H,4-9,16H2,1-3H3,(H,17,18). The Kier molecular flexibility index (Phi) is 4.68. The Hall–Kier alpha value is -1.52. The highest BCUT2D eigenvalue weighted by Gasteiger charge is 2.26. The minimum absolute atomic E-state index is 0.0578. The number of aromatic amines is 1. The Morgan fingerprint density at radius 2 is 1.90 bits per heavy atom. The molecule has 0 atom stereocenters. The molecule has 3 N–H and O–H groups in total. The number of hydrogen-bond acceptors (Lipinski definition) is 3. The van der Waals surface area contributed by atoms with E-state index in [1.807, 2.05) is 25.8 Å². The lowest BCUT2D eigenvalue weighted by Crippen LogP contribution is -2.37. The van der Waals surface area contributed by atoms with Crippen LogP contribution in [0.2, 0.25) is 0 Å². The largest absolute Gasteiger partial charge is 0.395 e. The minimum Gasteiger partial charge on any atom is -0.395 e. The summed E-state index contributed by atoms with van der Waals surface area (Å²) in [5, 5.41) is 7.04. The van der Waals surface area contributed by atoms with Gasteiger partial charge in [-0.3, -0.25) is 9.89 Å². The molecule has 1 aliphatic rings. The molecule has 1 amide bonds. The van der Waals surface area contributed by atoms with Crippen LogP contribution in [0.1, 0.15) is 74.5 Å². The zero-order valence-electron chi connectivity index (χ0n) is 12.8. The Labute approximate surface area is 120 Å². The maximum atomic E-state index is 12.6. The molecule has 20 heavy (non-hydrogen) atoms. The second kappa shape index (κ2) is 6.29. The van der Waals surface area contributed by atoms with Crippen molar-refractivity contribution >= 4 is 11.6 Å². The average molecular weight is 278 g/mol. The number of hydrogen-bond donors (Lipinski definition) is 2. The number of amides is 1. The lowest BCUT2D eigenvalue weighted by atomic mass is 10.1. The van der Waals surface area contributed by atoms with Crippen LogP contribution in [0, 0.1) is 0 Å². The van der Waals surface area contributed by atoms with E-state index in [-0.39, 0.29) is 11.8 Å². The van der Waals surface area contributed by atoms with Crippen molar-refractivity contribution in [3.05, 3.63) is 11.4 Å². The number of nitrogens with zero attached hydrogens (tertiary/aromatic N) is 2. The number of nitrogens with two attached hydrogens (primary N) is 1. The highest BCUT2D eigenvalue weighted by Crippen LogP contribution is 2.26. The molecule has 1 aliphatic carbocycles. The Bertz CT molecular complexity index is 458. The number of rotatable bonds is 3. The molecule has 0 aromatic carbocycles. The summed E-state index contributed by atoms with van der Waals surface area (Å²) in [6, 6.07) is 0.323. The van der Waals surface area contributed by atoms with Gasteiger partial charge in [-0.05, 0) is 18.8 Å². The van der Waals surface area contributed by atoms with E-state index in [9.17, 15) is 4.79 Å². The van der Waals surface area contributed by atoms with Crippen molar-refractivity contribution in [2.24, 2.45) is 0 Å². The van der Waals surface area contributed by atoms with Gasteiger partial charge in [0, 0.05) is 13.1 Å². The number of nitrogens with one attached hydrogen (secondary N) is 1. The molecule has 0 bridgehead atoms. The van der Waals surface area contributed by atoms with Gasteiger partial charge in [0.25, 0.3) is 5.91 Å². The first-order valence-corrected chi connectivity index (χ1v) is 7.63. The number of anilines is 1. The molecule has 1 aromatic heterocycles. The van der Waals surface area contributed by atoms with Gasteiger partial charge in [0.15, 0.2) is 5.69 Å². The molecule has 0 spiro atoms. The number of carbonyl (C=O) groups is 1. The quantitative estimate of drug-likeness (QED) is 0.835. The van der Waals surface area contributed by atoms with Crippen molar-refractivity contribution in [3.8, 4) is 0 Å². The number of nitrogen functional groups attached to an aromatic ring is 1. The third kappa shape index (κ3) is 2.97. The number of carbonyl (C=O) groups excluding carboxylic acids is 1. The molecule has 1 aromatic rings. The topological polar surface area (TPSA) is 75.0 Å². The maximum Gasteiger partial charge on any atom is 0.276 e. The third-order valence-electron chi connectivity index (χ3n) is 4.31. The molecular formula is C15H26N4O. The van der Waals surface area contributed by atoms with Crippen LogP contribution < -0.4 is 5.73 Å². The lowest BCUT2D eigenvalue weighted by molar-refractivity contribution is 0.0713. The molecule has 1 heterocycles. The second-order valence-corrected chi connectivity index (χ2v) is 6.12. The number of H-pyrrole nitrogens is 1. The van der Waals surface area contributed by atoms with Gasteiger partial charge >= 0.3 is 0 Å². The van der Waals surface area contributed by atoms with Crippen molar-refractivity contribution in [1.29, 1.82) is 0 Å². The highest BCUT2D eigenvalue weighted by atomic mass is 16.2. The summed E-state index contributed by atoms with van der Waals surface area (Å²) in [7, 11) is 1.88. The highest BCUT2D eigenvalue weighted by molar-refractivity contribution is 5.97. The number of aromatic nitrogens is 2. The summed E-state index contributed by atoms with van der Waals surface area (Å²) in [6.45, 7) is 4.07. The minimum atomic E-state index is -0.0578. The van der Waals surface area contributed by atoms with E-state index in [1.54, 1.807) is 0 Å². The van der Waals surface area contributed by atoms with Gasteiger partial charge in [-0.25, -0.2) is 0 Å². The fourth-order valence-electron chi connectivity index (χ4n) is 2.95. The SMILES string of the molecule is CC(C)c1[nH]nc(C(=O)N(C)C2CCCCCC2)c1N. The van der Waals surface area contributed by atoms with E-state index in [2.05, 4.69) is 10.2 Å². The van der Waals surface area contributed by atoms with Crippen LogP contribution >= 0.6 is 0 Å². The van der Waals surface area contributed by atoms with Crippen molar-refractivity contribution in [2.75, 3.05) is 12.8 Å². The van der Waals surface area contributed by atoms with Crippen LogP contribution in [-0.2, 0) is 0 Å². The molecular weight excluding hydrogens is 252 g/mol. The van der Waals surface area contributed by atoms with Gasteiger partial charge < -0.3 is 10.6 Å². The zero-order chi connectivity index (χ0) is 14.7. The predicted molar refractivity (Wildman–Crippen MR) is 80.7 cm³/mol. The van der Waals surface area contributed by atoms with Gasteiger partial charge in [-0.15, -0.1) is 0 Å². The van der Waals surface area contributed by atoms with E-state index in [1.165, 1.54) is 25.7 Å². The Morgan fingerprint density at radius 3 is 2.40 bits per heavy atom. The van der Waals surface area contributed by atoms with Crippen molar-refractivity contribution in [3.63, 3.8) is 0 Å². The van der Waals surface area contributed by atoms with Gasteiger partial charge in [0.2, 0.25) is 0 Å². The second-order valence-electron chi connectivity index (χ2n) is 6.12. The summed E-state index contributed by atoms with van der Waals surface area (Å²) < 4.78 is 0. The molecule has 5 nitrogen and oxygen atoms in total. The summed E-state index contributed by atoms with van der Waals surface area (Å²) in [5.74, 6) is 0.185. The molecule has 1 saturated carbocycles. The normalized spacial score (nSPS) is 17.2. The molecule has 0 aliphatic heterocycles. The molecule has 5 heteroatoms. The molecule has 2 rings (SSSR count). The molecule has 0 radical (unpaired) electrons. The fourth-order valence-corrected chi connectivity index (χ4v) is 2.95. The van der Waals surface area contributed by atoms with E-state index in [4.69, 9.17) is 5.73 Å². The lowest BCUT2D eigenvalue weighted by Gasteiger charge is -2.26. The van der Waals surface area contributed by atoms with Gasteiger partial charge in [-0.1, -0.05) is 39.5 Å². The summed E-state index contributed by atoms with van der Waals surface area (Å²) in [5.41, 5.74) is 7.79. The van der Waals surface area contributed by atoms with Crippen LogP contribution in [0.4, 0.5) is 5.69 Å². The summed E-state index contributed by atoms with van der Waals surface area (Å²) >= 11 is 0. The fraction of sp³-hybridized carbons (Fsp3) is 0.733. The smallest absolute Gasteiger partial charge is 0.276 e. The maximum absolute atomic E-state index is 12.6. The van der Waals surface area contributed by atoms with Gasteiger partial charge in [-0.2, -0.15) is 5.10 Å². The third-order valence-corrected chi connectivity index (χ3v) is 4.31. The molecule has 112 valence electrons. The zero-order valence-corrected chi connectivity index (χ0v) is 12.8. The van der Waals surface area contributed by atoms with Crippen LogP contribution in [0.25, 0.3) is 0 Å². The van der Waals surface area contributed by atoms with E-state index < -0.39 is 0 Å². The molecule has 1 fully saturated rings. The summed E-state index contributed by atoms with van der Waals surface area (Å²) in [4.78, 5) is 14.4. The first-order valence-electron chi connectivity index (χ1n) is 7.63.